The molecule has 260 valence electrons. The van der Waals surface area contributed by atoms with Gasteiger partial charge in [0.05, 0.1) is 20.8 Å². The number of rotatable bonds is 13. The third kappa shape index (κ3) is 9.09. The van der Waals surface area contributed by atoms with Gasteiger partial charge >= 0.3 is 6.09 Å². The van der Waals surface area contributed by atoms with Gasteiger partial charge in [0.25, 0.3) is 0 Å². The van der Waals surface area contributed by atoms with E-state index < -0.39 is 29.3 Å². The van der Waals surface area contributed by atoms with Gasteiger partial charge in [0.1, 0.15) is 23.9 Å². The maximum Gasteiger partial charge on any atom is 0.421 e. The van der Waals surface area contributed by atoms with Crippen molar-refractivity contribution >= 4 is 23.5 Å². The number of aromatic nitrogens is 2. The van der Waals surface area contributed by atoms with Crippen molar-refractivity contribution in [3.8, 4) is 23.0 Å². The number of methoxy groups -OCH3 is 2. The van der Waals surface area contributed by atoms with Gasteiger partial charge in [-0.15, -0.1) is 0 Å². The largest absolute Gasteiger partial charge is 0.497 e. The molecule has 0 radical (unpaired) electrons. The molecule has 1 aliphatic heterocycles. The third-order valence-corrected chi connectivity index (χ3v) is 8.05. The molecule has 1 N–H and O–H groups in total. The van der Waals surface area contributed by atoms with Crippen LogP contribution < -0.4 is 29.2 Å². The Kier molecular flexibility index (Phi) is 11.8. The van der Waals surface area contributed by atoms with Crippen LogP contribution in [0.15, 0.2) is 66.9 Å². The lowest BCUT2D eigenvalue weighted by Crippen LogP contribution is -2.49. The first-order valence-corrected chi connectivity index (χ1v) is 15.8. The van der Waals surface area contributed by atoms with Crippen LogP contribution in [0, 0.1) is 17.5 Å². The highest BCUT2D eigenvalue weighted by Gasteiger charge is 2.25. The van der Waals surface area contributed by atoms with E-state index in [-0.39, 0.29) is 24.1 Å². The van der Waals surface area contributed by atoms with Crippen molar-refractivity contribution in [3.05, 3.63) is 89.9 Å². The van der Waals surface area contributed by atoms with Crippen molar-refractivity contribution in [2.24, 2.45) is 0 Å². The molecule has 1 fully saturated rings. The summed E-state index contributed by atoms with van der Waals surface area (Å²) in [5.74, 6) is -2.53. The molecule has 3 aromatic carbocycles. The number of anilines is 3. The molecule has 1 amide bonds. The number of piperazine rings is 1. The molecule has 1 saturated heterocycles. The van der Waals surface area contributed by atoms with Crippen LogP contribution in [0.1, 0.15) is 19.4 Å². The molecule has 0 spiro atoms. The van der Waals surface area contributed by atoms with Gasteiger partial charge in [0, 0.05) is 62.3 Å². The zero-order valence-corrected chi connectivity index (χ0v) is 27.8. The average Bonchev–Trinajstić information content (AvgIpc) is 3.10. The highest BCUT2D eigenvalue weighted by Crippen LogP contribution is 2.30. The Morgan fingerprint density at radius 3 is 2.33 bits per heavy atom. The fourth-order valence-corrected chi connectivity index (χ4v) is 5.31. The smallest absolute Gasteiger partial charge is 0.421 e. The number of para-hydroxylation sites is 1. The molecule has 14 heteroatoms. The third-order valence-electron chi connectivity index (χ3n) is 8.05. The van der Waals surface area contributed by atoms with Gasteiger partial charge in [-0.25, -0.2) is 22.9 Å². The number of carbonyl (C=O) groups is 1. The van der Waals surface area contributed by atoms with Crippen LogP contribution in [0.2, 0.25) is 0 Å². The minimum absolute atomic E-state index is 0.0126. The van der Waals surface area contributed by atoms with Gasteiger partial charge < -0.3 is 24.3 Å². The molecule has 0 unspecified atom stereocenters. The maximum absolute atomic E-state index is 15.0. The predicted octanol–water partition coefficient (Wildman–Crippen LogP) is 6.27. The molecule has 1 aliphatic rings. The van der Waals surface area contributed by atoms with Gasteiger partial charge in [-0.05, 0) is 62.4 Å². The van der Waals surface area contributed by atoms with Crippen LogP contribution in [0.5, 0.6) is 23.0 Å². The van der Waals surface area contributed by atoms with Crippen molar-refractivity contribution in [1.29, 1.82) is 0 Å². The molecule has 4 aromatic rings. The summed E-state index contributed by atoms with van der Waals surface area (Å²) >= 11 is 0. The second-order valence-corrected chi connectivity index (χ2v) is 11.5. The summed E-state index contributed by atoms with van der Waals surface area (Å²) in [6, 6.07) is 14.4. The van der Waals surface area contributed by atoms with E-state index in [2.05, 4.69) is 38.9 Å². The highest BCUT2D eigenvalue weighted by molar-refractivity contribution is 5.88. The number of nitrogens with zero attached hydrogens (tertiary/aromatic N) is 5. The molecule has 1 aromatic heterocycles. The quantitative estimate of drug-likeness (QED) is 0.174. The lowest BCUT2D eigenvalue weighted by atomic mass is 10.1. The molecule has 5 rings (SSSR count). The predicted molar refractivity (Wildman–Crippen MR) is 178 cm³/mol. The van der Waals surface area contributed by atoms with Crippen molar-refractivity contribution < 1.29 is 36.9 Å². The summed E-state index contributed by atoms with van der Waals surface area (Å²) in [4.78, 5) is 27.9. The number of hydrogen-bond donors (Lipinski definition) is 1. The Bertz CT molecular complexity index is 1720. The monoisotopic (exact) mass is 680 g/mol. The van der Waals surface area contributed by atoms with Gasteiger partial charge in [0.2, 0.25) is 11.7 Å². The average molecular weight is 681 g/mol. The first-order valence-electron chi connectivity index (χ1n) is 15.8. The summed E-state index contributed by atoms with van der Waals surface area (Å²) in [6.07, 6.45) is 0.236. The second-order valence-electron chi connectivity index (χ2n) is 11.5. The fraction of sp³-hybridized carbons (Fsp3) is 0.343. The van der Waals surface area contributed by atoms with E-state index in [4.69, 9.17) is 18.9 Å². The molecule has 2 heterocycles. The molecular weight excluding hydrogens is 641 g/mol. The van der Waals surface area contributed by atoms with Crippen LogP contribution in [0.25, 0.3) is 0 Å². The minimum atomic E-state index is -1.13. The van der Waals surface area contributed by atoms with E-state index in [0.29, 0.717) is 41.9 Å². The SMILES string of the molecule is COc1ccc(OC)c(CN(C(=O)Oc2c(F)cccc2F)c2ccnc(Nc3ccc(OCCN4CCN(C(C)C)CC4)c(F)c3)n2)c1. The number of benzene rings is 3. The van der Waals surface area contributed by atoms with E-state index in [1.54, 1.807) is 24.3 Å². The first kappa shape index (κ1) is 35.2. The normalized spacial score (nSPS) is 13.6. The molecular formula is C35H39F3N6O5. The van der Waals surface area contributed by atoms with Gasteiger partial charge in [0.15, 0.2) is 23.2 Å². The fourth-order valence-electron chi connectivity index (χ4n) is 5.31. The second kappa shape index (κ2) is 16.3. The molecule has 49 heavy (non-hydrogen) atoms. The molecule has 0 atom stereocenters. The van der Waals surface area contributed by atoms with Crippen molar-refractivity contribution in [3.63, 3.8) is 0 Å². The number of nitrogens with one attached hydrogen (secondary N) is 1. The Balaban J connectivity index is 1.31. The Labute approximate surface area is 283 Å². The zero-order chi connectivity index (χ0) is 34.9. The maximum atomic E-state index is 15.0. The number of carbonyl (C=O) groups excluding carboxylic acids is 1. The molecule has 0 saturated carbocycles. The lowest BCUT2D eigenvalue weighted by Gasteiger charge is -2.36. The first-order chi connectivity index (χ1) is 23.6. The van der Waals surface area contributed by atoms with Crippen LogP contribution >= 0.6 is 0 Å². The summed E-state index contributed by atoms with van der Waals surface area (Å²) in [5.41, 5.74) is 0.806. The minimum Gasteiger partial charge on any atom is -0.497 e. The van der Waals surface area contributed by atoms with Gasteiger partial charge in [-0.2, -0.15) is 4.98 Å². The topological polar surface area (TPSA) is 102 Å². The molecule has 11 nitrogen and oxygen atoms in total. The number of hydrogen-bond acceptors (Lipinski definition) is 10. The van der Waals surface area contributed by atoms with Crippen LogP contribution in [-0.4, -0.2) is 85.5 Å². The Morgan fingerprint density at radius 1 is 0.918 bits per heavy atom. The van der Waals surface area contributed by atoms with Crippen LogP contribution in [0.4, 0.5) is 35.4 Å². The number of amides is 1. The summed E-state index contributed by atoms with van der Waals surface area (Å²) in [5, 5.41) is 2.93. The van der Waals surface area contributed by atoms with E-state index in [1.165, 1.54) is 38.6 Å². The summed E-state index contributed by atoms with van der Waals surface area (Å²) in [7, 11) is 2.94. The van der Waals surface area contributed by atoms with Crippen LogP contribution in [0.3, 0.4) is 0 Å². The van der Waals surface area contributed by atoms with Crippen molar-refractivity contribution in [2.75, 3.05) is 63.8 Å². The standard InChI is InChI=1S/C35H39F3N6O5/c1-23(2)43-16-14-42(15-17-43)18-19-48-31-10-8-25(21-29(31)38)40-34-39-13-12-32(41-34)44(22-24-20-26(46-3)9-11-30(24)47-4)35(45)49-33-27(36)6-5-7-28(33)37/h5-13,20-21,23H,14-19,22H2,1-4H3,(H,39,40,41). The van der Waals surface area contributed by atoms with E-state index in [1.807, 2.05) is 0 Å². The lowest BCUT2D eigenvalue weighted by molar-refractivity contribution is 0.0965. The van der Waals surface area contributed by atoms with Crippen molar-refractivity contribution in [2.45, 2.75) is 26.4 Å². The van der Waals surface area contributed by atoms with E-state index in [9.17, 15) is 13.6 Å². The van der Waals surface area contributed by atoms with E-state index in [0.717, 1.165) is 49.3 Å². The van der Waals surface area contributed by atoms with Gasteiger partial charge in [-0.3, -0.25) is 14.7 Å². The summed E-state index contributed by atoms with van der Waals surface area (Å²) < 4.78 is 65.6. The zero-order valence-electron chi connectivity index (χ0n) is 27.8. The number of ether oxygens (including phenoxy) is 4. The van der Waals surface area contributed by atoms with E-state index >= 15 is 4.39 Å². The Hall–Kier alpha value is -5.08. The Morgan fingerprint density at radius 2 is 1.65 bits per heavy atom. The molecule has 0 aliphatic carbocycles. The summed E-state index contributed by atoms with van der Waals surface area (Å²) in [6.45, 7) is 9.08. The van der Waals surface area contributed by atoms with Crippen LogP contribution in [-0.2, 0) is 6.54 Å². The highest BCUT2D eigenvalue weighted by atomic mass is 19.1. The van der Waals surface area contributed by atoms with Crippen molar-refractivity contribution in [1.82, 2.24) is 19.8 Å². The molecule has 0 bridgehead atoms. The number of halogens is 3. The van der Waals surface area contributed by atoms with Gasteiger partial charge in [-0.1, -0.05) is 6.07 Å².